The molecule has 0 fully saturated rings. The number of nitrogens with one attached hydrogen (secondary N) is 1. The molecule has 1 N–H and O–H groups in total. The first-order valence-electron chi connectivity index (χ1n) is 6.79. The van der Waals surface area contributed by atoms with Gasteiger partial charge >= 0.3 is 0 Å². The fraction of sp³-hybridized carbons (Fsp3) is 0.250. The summed E-state index contributed by atoms with van der Waals surface area (Å²) in [7, 11) is 0. The van der Waals surface area contributed by atoms with Crippen LogP contribution in [0.4, 0.5) is 0 Å². The minimum atomic E-state index is 0.0126. The van der Waals surface area contributed by atoms with Crippen LogP contribution in [0.5, 0.6) is 5.75 Å². The topological polar surface area (TPSA) is 51.2 Å². The van der Waals surface area contributed by atoms with Crippen LogP contribution in [0.15, 0.2) is 53.7 Å². The van der Waals surface area contributed by atoms with E-state index in [1.807, 2.05) is 43.3 Å². The lowest BCUT2D eigenvalue weighted by Gasteiger charge is -2.08. The maximum absolute atomic E-state index is 11.8. The van der Waals surface area contributed by atoms with Crippen LogP contribution in [0.25, 0.3) is 0 Å². The molecule has 0 atom stereocenters. The van der Waals surface area contributed by atoms with Gasteiger partial charge in [0, 0.05) is 23.8 Å². The summed E-state index contributed by atoms with van der Waals surface area (Å²) < 4.78 is 5.44. The second-order valence-electron chi connectivity index (χ2n) is 4.33. The van der Waals surface area contributed by atoms with E-state index in [4.69, 9.17) is 4.74 Å². The van der Waals surface area contributed by atoms with Crippen molar-refractivity contribution in [3.63, 3.8) is 0 Å². The van der Waals surface area contributed by atoms with Gasteiger partial charge in [-0.15, -0.1) is 11.8 Å². The predicted octanol–water partition coefficient (Wildman–Crippen LogP) is 2.89. The van der Waals surface area contributed by atoms with Gasteiger partial charge in [0.05, 0.1) is 12.4 Å². The van der Waals surface area contributed by atoms with Crippen LogP contribution in [0.3, 0.4) is 0 Å². The minimum absolute atomic E-state index is 0.0126. The van der Waals surface area contributed by atoms with Crippen molar-refractivity contribution in [3.8, 4) is 5.75 Å². The molecule has 0 aliphatic carbocycles. The third-order valence-electron chi connectivity index (χ3n) is 2.72. The van der Waals surface area contributed by atoms with Crippen LogP contribution in [-0.4, -0.2) is 23.3 Å². The van der Waals surface area contributed by atoms with E-state index >= 15 is 0 Å². The number of amides is 1. The molecule has 1 aromatic heterocycles. The van der Waals surface area contributed by atoms with Gasteiger partial charge in [-0.3, -0.25) is 9.78 Å². The number of nitrogens with zero attached hydrogens (tertiary/aromatic N) is 1. The normalized spacial score (nSPS) is 10.1. The third kappa shape index (κ3) is 5.47. The summed E-state index contributed by atoms with van der Waals surface area (Å²) in [5.41, 5.74) is 1.03. The van der Waals surface area contributed by atoms with Crippen LogP contribution in [0.2, 0.25) is 0 Å². The van der Waals surface area contributed by atoms with E-state index in [2.05, 4.69) is 10.3 Å². The maximum atomic E-state index is 11.8. The van der Waals surface area contributed by atoms with E-state index in [1.54, 1.807) is 12.4 Å². The van der Waals surface area contributed by atoms with Gasteiger partial charge < -0.3 is 10.1 Å². The Balaban J connectivity index is 1.77. The Labute approximate surface area is 128 Å². The molecule has 0 spiro atoms. The largest absolute Gasteiger partial charge is 0.494 e. The van der Waals surface area contributed by atoms with E-state index in [9.17, 15) is 4.79 Å². The highest BCUT2D eigenvalue weighted by Crippen LogP contribution is 2.16. The molecule has 0 saturated heterocycles. The number of rotatable bonds is 7. The van der Waals surface area contributed by atoms with E-state index in [0.717, 1.165) is 16.2 Å². The molecule has 1 heterocycles. The Morgan fingerprint density at radius 3 is 2.86 bits per heavy atom. The molecule has 1 amide bonds. The quantitative estimate of drug-likeness (QED) is 0.799. The van der Waals surface area contributed by atoms with Gasteiger partial charge in [0.1, 0.15) is 5.75 Å². The Hall–Kier alpha value is -2.01. The molecule has 0 unspecified atom stereocenters. The number of carbonyl (C=O) groups is 1. The predicted molar refractivity (Wildman–Crippen MR) is 84.4 cm³/mol. The molecular weight excluding hydrogens is 284 g/mol. The number of aromatic nitrogens is 1. The molecule has 21 heavy (non-hydrogen) atoms. The molecule has 2 aromatic rings. The first kappa shape index (κ1) is 15.4. The van der Waals surface area contributed by atoms with E-state index in [1.165, 1.54) is 11.8 Å². The van der Waals surface area contributed by atoms with Gasteiger partial charge in [0.2, 0.25) is 5.91 Å². The molecule has 0 aliphatic heterocycles. The highest BCUT2D eigenvalue weighted by Gasteiger charge is 2.03. The summed E-state index contributed by atoms with van der Waals surface area (Å²) in [6.07, 6.45) is 3.44. The van der Waals surface area contributed by atoms with Gasteiger partial charge in [0.25, 0.3) is 0 Å². The number of hydrogen-bond acceptors (Lipinski definition) is 4. The average Bonchev–Trinajstić information content (AvgIpc) is 2.53. The lowest BCUT2D eigenvalue weighted by Crippen LogP contribution is -2.24. The Morgan fingerprint density at radius 1 is 1.29 bits per heavy atom. The fourth-order valence-corrected chi connectivity index (χ4v) is 2.46. The van der Waals surface area contributed by atoms with Crippen molar-refractivity contribution in [1.29, 1.82) is 0 Å². The van der Waals surface area contributed by atoms with Crippen molar-refractivity contribution in [1.82, 2.24) is 10.3 Å². The van der Waals surface area contributed by atoms with Crippen molar-refractivity contribution < 1.29 is 9.53 Å². The van der Waals surface area contributed by atoms with E-state index in [-0.39, 0.29) is 5.91 Å². The SMILES string of the molecule is CCOc1cccc(CNC(=O)CSc2ccncc2)c1. The number of carbonyl (C=O) groups excluding carboxylic acids is 1. The molecule has 0 radical (unpaired) electrons. The minimum Gasteiger partial charge on any atom is -0.494 e. The van der Waals surface area contributed by atoms with Crippen molar-refractivity contribution in [2.24, 2.45) is 0 Å². The zero-order valence-corrected chi connectivity index (χ0v) is 12.7. The maximum Gasteiger partial charge on any atom is 0.230 e. The molecule has 4 nitrogen and oxygen atoms in total. The lowest BCUT2D eigenvalue weighted by molar-refractivity contribution is -0.118. The zero-order valence-electron chi connectivity index (χ0n) is 11.9. The van der Waals surface area contributed by atoms with Crippen LogP contribution >= 0.6 is 11.8 Å². The summed E-state index contributed by atoms with van der Waals surface area (Å²) in [6, 6.07) is 11.5. The third-order valence-corrected chi connectivity index (χ3v) is 3.73. The van der Waals surface area contributed by atoms with Crippen molar-refractivity contribution in [3.05, 3.63) is 54.4 Å². The Bertz CT molecular complexity index is 575. The lowest BCUT2D eigenvalue weighted by atomic mass is 10.2. The molecule has 5 heteroatoms. The number of ether oxygens (including phenoxy) is 1. The van der Waals surface area contributed by atoms with Crippen molar-refractivity contribution in [2.75, 3.05) is 12.4 Å². The molecule has 2 rings (SSSR count). The van der Waals surface area contributed by atoms with Crippen LogP contribution < -0.4 is 10.1 Å². The number of hydrogen-bond donors (Lipinski definition) is 1. The Kier molecular flexibility index (Phi) is 6.09. The van der Waals surface area contributed by atoms with E-state index < -0.39 is 0 Å². The zero-order chi connectivity index (χ0) is 14.9. The summed E-state index contributed by atoms with van der Waals surface area (Å²) in [5.74, 6) is 1.24. The highest BCUT2D eigenvalue weighted by molar-refractivity contribution is 8.00. The summed E-state index contributed by atoms with van der Waals surface area (Å²) >= 11 is 1.50. The first-order valence-corrected chi connectivity index (χ1v) is 7.77. The van der Waals surface area contributed by atoms with Gasteiger partial charge in [-0.25, -0.2) is 0 Å². The number of benzene rings is 1. The average molecular weight is 302 g/mol. The smallest absolute Gasteiger partial charge is 0.230 e. The molecule has 0 saturated carbocycles. The fourth-order valence-electron chi connectivity index (χ4n) is 1.75. The van der Waals surface area contributed by atoms with Crippen molar-refractivity contribution >= 4 is 17.7 Å². The van der Waals surface area contributed by atoms with Gasteiger partial charge in [-0.1, -0.05) is 12.1 Å². The second kappa shape index (κ2) is 8.32. The molecule has 110 valence electrons. The highest BCUT2D eigenvalue weighted by atomic mass is 32.2. The van der Waals surface area contributed by atoms with Crippen molar-refractivity contribution in [2.45, 2.75) is 18.4 Å². The number of pyridine rings is 1. The second-order valence-corrected chi connectivity index (χ2v) is 5.38. The van der Waals surface area contributed by atoms with Gasteiger partial charge in [-0.05, 0) is 36.8 Å². The summed E-state index contributed by atoms with van der Waals surface area (Å²) in [6.45, 7) is 3.10. The summed E-state index contributed by atoms with van der Waals surface area (Å²) in [4.78, 5) is 16.8. The van der Waals surface area contributed by atoms with Crippen LogP contribution in [0, 0.1) is 0 Å². The molecule has 0 bridgehead atoms. The molecule has 1 aromatic carbocycles. The van der Waals surface area contributed by atoms with Gasteiger partial charge in [0.15, 0.2) is 0 Å². The Morgan fingerprint density at radius 2 is 2.10 bits per heavy atom. The molecule has 0 aliphatic rings. The number of thioether (sulfide) groups is 1. The standard InChI is InChI=1S/C16H18N2O2S/c1-2-20-14-5-3-4-13(10-14)11-18-16(19)12-21-15-6-8-17-9-7-15/h3-10H,2,11-12H2,1H3,(H,18,19). The van der Waals surface area contributed by atoms with Gasteiger partial charge in [-0.2, -0.15) is 0 Å². The molecular formula is C16H18N2O2S. The monoisotopic (exact) mass is 302 g/mol. The van der Waals surface area contributed by atoms with E-state index in [0.29, 0.717) is 18.9 Å². The van der Waals surface area contributed by atoms with Crippen LogP contribution in [0.1, 0.15) is 12.5 Å². The first-order chi connectivity index (χ1) is 10.3. The van der Waals surface area contributed by atoms with Crippen LogP contribution in [-0.2, 0) is 11.3 Å². The summed E-state index contributed by atoms with van der Waals surface area (Å²) in [5, 5.41) is 2.91.